The molecule has 0 aromatic carbocycles. The number of piperidine rings is 1. The molecule has 0 amide bonds. The number of carbonyl (C=O) groups is 1. The van der Waals surface area contributed by atoms with E-state index in [0.717, 1.165) is 32.2 Å². The fourth-order valence-corrected chi connectivity index (χ4v) is 2.79. The molecule has 24 heavy (non-hydrogen) atoms. The number of esters is 1. The van der Waals surface area contributed by atoms with Gasteiger partial charge in [0.05, 0.1) is 17.4 Å². The van der Waals surface area contributed by atoms with E-state index < -0.39 is 4.92 Å². The molecule has 2 aliphatic rings. The van der Waals surface area contributed by atoms with E-state index in [4.69, 9.17) is 4.74 Å². The van der Waals surface area contributed by atoms with Gasteiger partial charge in [0.2, 0.25) is 11.8 Å². The molecule has 9 nitrogen and oxygen atoms in total. The van der Waals surface area contributed by atoms with Crippen LogP contribution in [0.2, 0.25) is 0 Å². The monoisotopic (exact) mass is 335 g/mol. The van der Waals surface area contributed by atoms with Crippen LogP contribution in [0.1, 0.15) is 32.6 Å². The Morgan fingerprint density at radius 2 is 2.29 bits per heavy atom. The lowest BCUT2D eigenvalue weighted by atomic mass is 9.98. The van der Waals surface area contributed by atoms with E-state index in [2.05, 4.69) is 15.3 Å². The number of aromatic nitrogens is 2. The number of hydrogen-bond acceptors (Lipinski definition) is 8. The van der Waals surface area contributed by atoms with Crippen LogP contribution in [0.5, 0.6) is 0 Å². The molecule has 2 heterocycles. The summed E-state index contributed by atoms with van der Waals surface area (Å²) in [6.07, 6.45) is 4.82. The van der Waals surface area contributed by atoms with Crippen molar-refractivity contribution in [1.29, 1.82) is 0 Å². The normalized spacial score (nSPS) is 20.5. The topological polar surface area (TPSA) is 110 Å². The Bertz CT molecular complexity index is 634. The molecule has 130 valence electrons. The molecular weight excluding hydrogens is 314 g/mol. The minimum absolute atomic E-state index is 0.121. The first-order valence-electron chi connectivity index (χ1n) is 8.28. The van der Waals surface area contributed by atoms with Crippen LogP contribution in [0.25, 0.3) is 0 Å². The van der Waals surface area contributed by atoms with Crippen LogP contribution in [0.4, 0.5) is 17.5 Å². The second-order valence-corrected chi connectivity index (χ2v) is 6.12. The van der Waals surface area contributed by atoms with Crippen molar-refractivity contribution in [2.24, 2.45) is 5.92 Å². The van der Waals surface area contributed by atoms with Crippen molar-refractivity contribution in [3.63, 3.8) is 0 Å². The fraction of sp³-hybridized carbons (Fsp3) is 0.667. The lowest BCUT2D eigenvalue weighted by molar-refractivity contribution is -0.384. The van der Waals surface area contributed by atoms with Gasteiger partial charge in [0.25, 0.3) is 0 Å². The maximum absolute atomic E-state index is 11.9. The maximum atomic E-state index is 11.9. The van der Waals surface area contributed by atoms with E-state index in [0.29, 0.717) is 19.1 Å². The van der Waals surface area contributed by atoms with Gasteiger partial charge >= 0.3 is 11.7 Å². The van der Waals surface area contributed by atoms with Crippen LogP contribution in [-0.4, -0.2) is 46.6 Å². The van der Waals surface area contributed by atoms with Gasteiger partial charge in [-0.25, -0.2) is 4.98 Å². The Morgan fingerprint density at radius 3 is 2.96 bits per heavy atom. The molecule has 0 bridgehead atoms. The predicted molar refractivity (Wildman–Crippen MR) is 86.9 cm³/mol. The Kier molecular flexibility index (Phi) is 4.77. The van der Waals surface area contributed by atoms with Gasteiger partial charge in [0, 0.05) is 19.1 Å². The van der Waals surface area contributed by atoms with Gasteiger partial charge in [-0.2, -0.15) is 4.98 Å². The van der Waals surface area contributed by atoms with Crippen LogP contribution >= 0.6 is 0 Å². The first-order valence-corrected chi connectivity index (χ1v) is 8.28. The average molecular weight is 335 g/mol. The lowest BCUT2D eigenvalue weighted by Crippen LogP contribution is -2.40. The van der Waals surface area contributed by atoms with Crippen molar-refractivity contribution in [3.05, 3.63) is 16.3 Å². The molecule has 0 spiro atoms. The number of carbonyl (C=O) groups excluding carboxylic acids is 1. The molecule has 0 radical (unpaired) electrons. The highest BCUT2D eigenvalue weighted by Gasteiger charge is 2.30. The van der Waals surface area contributed by atoms with E-state index in [1.165, 1.54) is 6.20 Å². The molecule has 1 atom stereocenters. The van der Waals surface area contributed by atoms with Crippen molar-refractivity contribution in [2.45, 2.75) is 38.6 Å². The minimum Gasteiger partial charge on any atom is -0.466 e. The number of nitro groups is 1. The number of nitrogens with zero attached hydrogens (tertiary/aromatic N) is 4. The van der Waals surface area contributed by atoms with Crippen molar-refractivity contribution in [1.82, 2.24) is 9.97 Å². The minimum atomic E-state index is -0.480. The predicted octanol–water partition coefficient (Wildman–Crippen LogP) is 1.74. The van der Waals surface area contributed by atoms with Crippen LogP contribution in [0.15, 0.2) is 6.20 Å². The molecule has 1 N–H and O–H groups in total. The first-order chi connectivity index (χ1) is 11.6. The Hall–Kier alpha value is -2.45. The highest BCUT2D eigenvalue weighted by atomic mass is 16.6. The molecule has 3 rings (SSSR count). The second kappa shape index (κ2) is 6.98. The molecule has 1 saturated heterocycles. The average Bonchev–Trinajstić information content (AvgIpc) is 3.39. The zero-order valence-corrected chi connectivity index (χ0v) is 13.6. The van der Waals surface area contributed by atoms with Crippen LogP contribution in [0.3, 0.4) is 0 Å². The highest BCUT2D eigenvalue weighted by Crippen LogP contribution is 2.31. The summed E-state index contributed by atoms with van der Waals surface area (Å²) < 4.78 is 5.09. The Balaban J connectivity index is 1.77. The summed E-state index contributed by atoms with van der Waals surface area (Å²) in [7, 11) is 0. The van der Waals surface area contributed by atoms with Crippen LogP contribution < -0.4 is 10.2 Å². The van der Waals surface area contributed by atoms with E-state index in [1.807, 2.05) is 4.90 Å². The number of hydrogen-bond donors (Lipinski definition) is 1. The molecule has 1 unspecified atom stereocenters. The van der Waals surface area contributed by atoms with E-state index in [9.17, 15) is 14.9 Å². The van der Waals surface area contributed by atoms with Crippen LogP contribution in [0, 0.1) is 16.0 Å². The molecule has 1 saturated carbocycles. The fourth-order valence-electron chi connectivity index (χ4n) is 2.79. The quantitative estimate of drug-likeness (QED) is 0.475. The summed E-state index contributed by atoms with van der Waals surface area (Å²) in [5.41, 5.74) is -0.121. The number of ether oxygens (including phenoxy) is 1. The highest BCUT2D eigenvalue weighted by molar-refractivity contribution is 5.73. The standard InChI is InChI=1S/C15H21N5O4/c1-2-24-14(21)10-4-3-7-19(9-10)15-16-8-12(20(22)23)13(18-15)17-11-5-6-11/h8,10-11H,2-7,9H2,1H3,(H,16,17,18). The number of anilines is 2. The third-order valence-electron chi connectivity index (χ3n) is 4.20. The summed E-state index contributed by atoms with van der Waals surface area (Å²) in [6, 6.07) is 0.250. The molecule has 9 heteroatoms. The zero-order chi connectivity index (χ0) is 17.1. The number of nitrogens with one attached hydrogen (secondary N) is 1. The van der Waals surface area contributed by atoms with Gasteiger partial charge in [0.15, 0.2) is 0 Å². The van der Waals surface area contributed by atoms with E-state index >= 15 is 0 Å². The summed E-state index contributed by atoms with van der Waals surface area (Å²) in [4.78, 5) is 33.0. The molecule has 1 aromatic rings. The lowest BCUT2D eigenvalue weighted by Gasteiger charge is -2.31. The SMILES string of the molecule is CCOC(=O)C1CCCN(c2ncc([N+](=O)[O-])c(NC3CC3)n2)C1. The summed E-state index contributed by atoms with van der Waals surface area (Å²) in [6.45, 7) is 3.34. The molecule has 1 aliphatic carbocycles. The second-order valence-electron chi connectivity index (χ2n) is 6.12. The Morgan fingerprint density at radius 1 is 1.50 bits per heavy atom. The molecule has 2 fully saturated rings. The van der Waals surface area contributed by atoms with E-state index in [1.54, 1.807) is 6.92 Å². The van der Waals surface area contributed by atoms with E-state index in [-0.39, 0.29) is 29.4 Å². The third-order valence-corrected chi connectivity index (χ3v) is 4.20. The summed E-state index contributed by atoms with van der Waals surface area (Å²) >= 11 is 0. The molecular formula is C15H21N5O4. The smallest absolute Gasteiger partial charge is 0.329 e. The van der Waals surface area contributed by atoms with Gasteiger partial charge in [-0.05, 0) is 32.6 Å². The van der Waals surface area contributed by atoms with Gasteiger partial charge in [-0.3, -0.25) is 14.9 Å². The largest absolute Gasteiger partial charge is 0.466 e. The van der Waals surface area contributed by atoms with Crippen molar-refractivity contribution < 1.29 is 14.5 Å². The Labute approximate surface area is 139 Å². The summed E-state index contributed by atoms with van der Waals surface area (Å²) in [5, 5.41) is 14.2. The first kappa shape index (κ1) is 16.4. The van der Waals surface area contributed by atoms with Crippen LogP contribution in [-0.2, 0) is 9.53 Å². The zero-order valence-electron chi connectivity index (χ0n) is 13.6. The van der Waals surface area contributed by atoms with Crippen molar-refractivity contribution >= 4 is 23.4 Å². The van der Waals surface area contributed by atoms with Crippen molar-refractivity contribution in [3.8, 4) is 0 Å². The van der Waals surface area contributed by atoms with Crippen molar-refractivity contribution in [2.75, 3.05) is 29.9 Å². The molecule has 1 aliphatic heterocycles. The van der Waals surface area contributed by atoms with Gasteiger partial charge in [0.1, 0.15) is 6.20 Å². The maximum Gasteiger partial charge on any atom is 0.329 e. The summed E-state index contributed by atoms with van der Waals surface area (Å²) in [5.74, 6) is 0.251. The third kappa shape index (κ3) is 3.72. The number of rotatable bonds is 6. The van der Waals surface area contributed by atoms with Gasteiger partial charge in [-0.1, -0.05) is 0 Å². The van der Waals surface area contributed by atoms with Gasteiger partial charge < -0.3 is 15.0 Å². The van der Waals surface area contributed by atoms with Gasteiger partial charge in [-0.15, -0.1) is 0 Å². The molecule has 1 aromatic heterocycles.